The highest BCUT2D eigenvalue weighted by molar-refractivity contribution is 5.79. The van der Waals surface area contributed by atoms with Crippen LogP contribution in [0.4, 0.5) is 4.79 Å². The first-order valence-corrected chi connectivity index (χ1v) is 9.24. The van der Waals surface area contributed by atoms with Gasteiger partial charge in [0.05, 0.1) is 0 Å². The highest BCUT2D eigenvalue weighted by Crippen LogP contribution is 2.44. The molecule has 0 saturated heterocycles. The molecule has 0 unspecified atom stereocenters. The van der Waals surface area contributed by atoms with Gasteiger partial charge < -0.3 is 10.1 Å². The molecule has 142 valence electrons. The van der Waals surface area contributed by atoms with Gasteiger partial charge in [-0.2, -0.15) is 5.26 Å². The van der Waals surface area contributed by atoms with Crippen LogP contribution in [0.2, 0.25) is 0 Å². The molecule has 1 aliphatic rings. The Morgan fingerprint density at radius 1 is 1.07 bits per heavy atom. The average Bonchev–Trinajstić information content (AvgIpc) is 3.09. The Hall–Kier alpha value is -3.98. The van der Waals surface area contributed by atoms with Crippen molar-refractivity contribution in [3.05, 3.63) is 89.5 Å². The van der Waals surface area contributed by atoms with E-state index in [-0.39, 0.29) is 18.3 Å². The predicted molar refractivity (Wildman–Crippen MR) is 109 cm³/mol. The maximum Gasteiger partial charge on any atom is 0.407 e. The second-order valence-corrected chi connectivity index (χ2v) is 6.56. The van der Waals surface area contributed by atoms with Crippen molar-refractivity contribution < 1.29 is 9.53 Å². The topological polar surface area (TPSA) is 87.9 Å². The number of hydrogen-bond acceptors (Lipinski definition) is 5. The van der Waals surface area contributed by atoms with E-state index in [2.05, 4.69) is 39.6 Å². The molecule has 0 atom stereocenters. The third-order valence-electron chi connectivity index (χ3n) is 4.79. The number of aromatic nitrogens is 2. The zero-order valence-electron chi connectivity index (χ0n) is 15.6. The van der Waals surface area contributed by atoms with Crippen molar-refractivity contribution in [3.63, 3.8) is 0 Å². The van der Waals surface area contributed by atoms with E-state index in [4.69, 9.17) is 10.00 Å². The highest BCUT2D eigenvalue weighted by Gasteiger charge is 2.28. The van der Waals surface area contributed by atoms with Crippen LogP contribution < -0.4 is 5.32 Å². The Bertz CT molecular complexity index is 1050. The first-order chi connectivity index (χ1) is 14.3. The van der Waals surface area contributed by atoms with Gasteiger partial charge in [0.2, 0.25) is 5.82 Å². The fraction of sp³-hybridized carbons (Fsp3) is 0.130. The summed E-state index contributed by atoms with van der Waals surface area (Å²) < 4.78 is 5.48. The van der Waals surface area contributed by atoms with Crippen LogP contribution in [0.1, 0.15) is 28.4 Å². The molecule has 6 heteroatoms. The fourth-order valence-electron chi connectivity index (χ4n) is 3.47. The van der Waals surface area contributed by atoms with Crippen molar-refractivity contribution in [3.8, 4) is 17.2 Å². The van der Waals surface area contributed by atoms with Crippen LogP contribution in [0.25, 0.3) is 17.2 Å². The molecule has 0 aliphatic heterocycles. The summed E-state index contributed by atoms with van der Waals surface area (Å²) in [5.41, 5.74) is 5.51. The number of ether oxygens (including phenoxy) is 1. The molecule has 6 nitrogen and oxygen atoms in total. The molecule has 1 N–H and O–H groups in total. The van der Waals surface area contributed by atoms with Crippen LogP contribution in [0.15, 0.2) is 67.0 Å². The van der Waals surface area contributed by atoms with E-state index in [0.29, 0.717) is 6.54 Å². The zero-order chi connectivity index (χ0) is 20.1. The van der Waals surface area contributed by atoms with Crippen LogP contribution in [0.5, 0.6) is 0 Å². The van der Waals surface area contributed by atoms with Crippen LogP contribution in [0.3, 0.4) is 0 Å². The lowest BCUT2D eigenvalue weighted by Gasteiger charge is -2.14. The first-order valence-electron chi connectivity index (χ1n) is 9.24. The summed E-state index contributed by atoms with van der Waals surface area (Å²) in [7, 11) is 0. The second kappa shape index (κ2) is 8.36. The van der Waals surface area contributed by atoms with Gasteiger partial charge in [0.15, 0.2) is 0 Å². The van der Waals surface area contributed by atoms with Gasteiger partial charge in [0.1, 0.15) is 12.7 Å². The third kappa shape index (κ3) is 3.99. The minimum absolute atomic E-state index is 0.0412. The Balaban J connectivity index is 1.32. The van der Waals surface area contributed by atoms with Crippen LogP contribution in [0, 0.1) is 11.3 Å². The minimum atomic E-state index is -0.465. The number of alkyl carbamates (subject to hydrolysis) is 1. The number of carbonyl (C=O) groups is 1. The number of nitriles is 1. The normalized spacial score (nSPS) is 12.2. The molecule has 1 amide bonds. The number of nitrogens with one attached hydrogen (secondary N) is 1. The van der Waals surface area contributed by atoms with Crippen molar-refractivity contribution in [2.24, 2.45) is 0 Å². The van der Waals surface area contributed by atoms with Gasteiger partial charge >= 0.3 is 6.09 Å². The third-order valence-corrected chi connectivity index (χ3v) is 4.79. The van der Waals surface area contributed by atoms with Gasteiger partial charge in [-0.3, -0.25) is 0 Å². The average molecular weight is 382 g/mol. The Labute approximate surface area is 168 Å². The maximum absolute atomic E-state index is 12.1. The summed E-state index contributed by atoms with van der Waals surface area (Å²) >= 11 is 0. The Morgan fingerprint density at radius 3 is 2.31 bits per heavy atom. The van der Waals surface area contributed by atoms with E-state index < -0.39 is 6.09 Å². The van der Waals surface area contributed by atoms with Crippen molar-refractivity contribution in [1.29, 1.82) is 5.26 Å². The largest absolute Gasteiger partial charge is 0.449 e. The summed E-state index contributed by atoms with van der Waals surface area (Å²) in [6, 6.07) is 18.3. The molecule has 0 bridgehead atoms. The summed E-state index contributed by atoms with van der Waals surface area (Å²) in [6.45, 7) is 0.601. The molecule has 2 aromatic carbocycles. The SMILES string of the molecule is N#Cc1ncc(C=CCNC(=O)OCC2c3ccccc3-c3ccccc32)cn1. The first kappa shape index (κ1) is 18.4. The molecule has 3 aromatic rings. The molecule has 1 heterocycles. The lowest BCUT2D eigenvalue weighted by atomic mass is 9.98. The molecule has 0 spiro atoms. The van der Waals surface area contributed by atoms with Gasteiger partial charge in [-0.05, 0) is 22.3 Å². The smallest absolute Gasteiger partial charge is 0.407 e. The molecule has 1 aromatic heterocycles. The number of carbonyl (C=O) groups excluding carboxylic acids is 1. The molecule has 0 radical (unpaired) electrons. The van der Waals surface area contributed by atoms with Crippen molar-refractivity contribution in [1.82, 2.24) is 15.3 Å². The van der Waals surface area contributed by atoms with E-state index in [1.54, 1.807) is 24.5 Å². The Kier molecular flexibility index (Phi) is 5.30. The molecule has 29 heavy (non-hydrogen) atoms. The second-order valence-electron chi connectivity index (χ2n) is 6.56. The van der Waals surface area contributed by atoms with Crippen molar-refractivity contribution >= 4 is 12.2 Å². The predicted octanol–water partition coefficient (Wildman–Crippen LogP) is 3.90. The molecule has 1 aliphatic carbocycles. The summed E-state index contributed by atoms with van der Waals surface area (Å²) in [4.78, 5) is 19.9. The molecule has 0 saturated carbocycles. The molecule has 4 rings (SSSR count). The van der Waals surface area contributed by atoms with E-state index >= 15 is 0 Å². The minimum Gasteiger partial charge on any atom is -0.449 e. The van der Waals surface area contributed by atoms with Gasteiger partial charge in [-0.15, -0.1) is 0 Å². The van der Waals surface area contributed by atoms with E-state index in [0.717, 1.165) is 5.56 Å². The quantitative estimate of drug-likeness (QED) is 0.723. The van der Waals surface area contributed by atoms with Crippen LogP contribution in [-0.4, -0.2) is 29.2 Å². The number of nitrogens with zero attached hydrogens (tertiary/aromatic N) is 3. The molecular formula is C23H18N4O2. The number of rotatable bonds is 5. The standard InChI is InChI=1S/C23H18N4O2/c24-12-22-26-13-16(14-27-22)6-5-11-25-23(28)29-15-21-19-9-3-1-7-17(19)18-8-2-4-10-20(18)21/h1-10,13-14,21H,11,15H2,(H,25,28). The summed E-state index contributed by atoms with van der Waals surface area (Å²) in [5, 5.41) is 11.4. The molecular weight excluding hydrogens is 364 g/mol. The van der Waals surface area contributed by atoms with Gasteiger partial charge in [0.25, 0.3) is 0 Å². The zero-order valence-corrected chi connectivity index (χ0v) is 15.6. The lowest BCUT2D eigenvalue weighted by molar-refractivity contribution is 0.144. The maximum atomic E-state index is 12.1. The number of hydrogen-bond donors (Lipinski definition) is 1. The van der Waals surface area contributed by atoms with Crippen molar-refractivity contribution in [2.75, 3.05) is 13.2 Å². The van der Waals surface area contributed by atoms with Gasteiger partial charge in [-0.1, -0.05) is 60.7 Å². The van der Waals surface area contributed by atoms with E-state index in [1.807, 2.05) is 30.3 Å². The monoisotopic (exact) mass is 382 g/mol. The number of amides is 1. The van der Waals surface area contributed by atoms with Gasteiger partial charge in [0, 0.05) is 30.4 Å². The van der Waals surface area contributed by atoms with Gasteiger partial charge in [-0.25, -0.2) is 14.8 Å². The Morgan fingerprint density at radius 2 is 1.69 bits per heavy atom. The summed E-state index contributed by atoms with van der Waals surface area (Å²) in [6.07, 6.45) is 6.18. The highest BCUT2D eigenvalue weighted by atomic mass is 16.5. The van der Waals surface area contributed by atoms with Crippen molar-refractivity contribution in [2.45, 2.75) is 5.92 Å². The van der Waals surface area contributed by atoms with E-state index in [9.17, 15) is 4.79 Å². The lowest BCUT2D eigenvalue weighted by Crippen LogP contribution is -2.26. The van der Waals surface area contributed by atoms with Crippen LogP contribution >= 0.6 is 0 Å². The number of benzene rings is 2. The van der Waals surface area contributed by atoms with Crippen LogP contribution in [-0.2, 0) is 4.74 Å². The molecule has 0 fully saturated rings. The fourth-order valence-corrected chi connectivity index (χ4v) is 3.47. The van der Waals surface area contributed by atoms with E-state index in [1.165, 1.54) is 22.3 Å². The summed E-state index contributed by atoms with van der Waals surface area (Å²) in [5.74, 6) is 0.165. The number of fused-ring (bicyclic) bond motifs is 3.